The van der Waals surface area contributed by atoms with Crippen LogP contribution in [0.1, 0.15) is 45.6 Å². The van der Waals surface area contributed by atoms with Gasteiger partial charge in [0.1, 0.15) is 6.10 Å². The van der Waals surface area contributed by atoms with Crippen LogP contribution in [0.4, 0.5) is 10.5 Å². The topological polar surface area (TPSA) is 133 Å². The molecule has 2 aliphatic rings. The van der Waals surface area contributed by atoms with Crippen molar-refractivity contribution in [1.82, 2.24) is 5.48 Å². The number of ether oxygens (including phenoxy) is 1. The lowest BCUT2D eigenvalue weighted by Gasteiger charge is -2.40. The lowest BCUT2D eigenvalue weighted by Crippen LogP contribution is -2.51. The zero-order chi connectivity index (χ0) is 24.6. The molecule has 1 saturated carbocycles. The van der Waals surface area contributed by atoms with Crippen molar-refractivity contribution in [3.8, 4) is 11.8 Å². The first-order valence-corrected chi connectivity index (χ1v) is 12.6. The number of hydroxylamine groups is 1. The van der Waals surface area contributed by atoms with Gasteiger partial charge in [-0.15, -0.1) is 0 Å². The fourth-order valence-electron chi connectivity index (χ4n) is 4.03. The number of carbonyl (C=O) groups is 2. The molecule has 1 aliphatic heterocycles. The zero-order valence-electron chi connectivity index (χ0n) is 19.2. The minimum absolute atomic E-state index is 0.0636. The summed E-state index contributed by atoms with van der Waals surface area (Å²) in [5.74, 6) is 5.78. The van der Waals surface area contributed by atoms with Crippen LogP contribution in [-0.4, -0.2) is 60.0 Å². The summed E-state index contributed by atoms with van der Waals surface area (Å²) >= 11 is 0. The van der Waals surface area contributed by atoms with Crippen molar-refractivity contribution < 1.29 is 33.1 Å². The quantitative estimate of drug-likeness (QED) is 0.323. The minimum Gasteiger partial charge on any atom is -0.444 e. The van der Waals surface area contributed by atoms with Crippen molar-refractivity contribution in [3.63, 3.8) is 0 Å². The summed E-state index contributed by atoms with van der Waals surface area (Å²) in [6.07, 6.45) is 0.844. The van der Waals surface area contributed by atoms with E-state index in [0.29, 0.717) is 5.69 Å². The van der Waals surface area contributed by atoms with E-state index >= 15 is 0 Å². The summed E-state index contributed by atoms with van der Waals surface area (Å²) in [5.41, 5.74) is 2.06. The van der Waals surface area contributed by atoms with Gasteiger partial charge in [0.25, 0.3) is 5.91 Å². The highest BCUT2D eigenvalue weighted by Gasteiger charge is 2.48. The Morgan fingerprint density at radius 3 is 2.36 bits per heavy atom. The molecule has 1 aliphatic carbocycles. The van der Waals surface area contributed by atoms with Gasteiger partial charge >= 0.3 is 6.09 Å². The summed E-state index contributed by atoms with van der Waals surface area (Å²) < 4.78 is 27.7. The van der Waals surface area contributed by atoms with Crippen LogP contribution in [0.15, 0.2) is 24.3 Å². The standard InChI is InChI=1S/C23H30N2O7S/c1-22(2,28)17-11-16(12-17)6-5-15-7-9-18(10-8-15)25-14-19(32-21(25)27)13-23(3,20(26)24-29)33(4,30)31/h7-10,16-17,19,28-29H,11-14H2,1-4H3,(H,24,26). The van der Waals surface area contributed by atoms with E-state index in [1.807, 2.05) is 13.8 Å². The highest BCUT2D eigenvalue weighted by atomic mass is 32.2. The molecule has 3 rings (SSSR count). The molecule has 2 fully saturated rings. The number of aliphatic hydroxyl groups is 1. The molecule has 33 heavy (non-hydrogen) atoms. The number of hydrogen-bond donors (Lipinski definition) is 3. The molecule has 1 heterocycles. The predicted octanol–water partition coefficient (Wildman–Crippen LogP) is 1.86. The Hall–Kier alpha value is -2.61. The van der Waals surface area contributed by atoms with Gasteiger partial charge in [-0.25, -0.2) is 18.7 Å². The first kappa shape index (κ1) is 25.0. The summed E-state index contributed by atoms with van der Waals surface area (Å²) in [4.78, 5) is 25.8. The second kappa shape index (κ2) is 8.97. The monoisotopic (exact) mass is 478 g/mol. The Bertz CT molecular complexity index is 1080. The van der Waals surface area contributed by atoms with E-state index in [4.69, 9.17) is 9.94 Å². The van der Waals surface area contributed by atoms with E-state index in [-0.39, 0.29) is 24.8 Å². The molecule has 1 saturated heterocycles. The second-order valence-electron chi connectivity index (χ2n) is 9.60. The Kier molecular flexibility index (Phi) is 6.80. The Labute approximate surface area is 194 Å². The maximum atomic E-state index is 12.4. The van der Waals surface area contributed by atoms with Crippen LogP contribution >= 0.6 is 0 Å². The van der Waals surface area contributed by atoms with Crippen LogP contribution in [0.3, 0.4) is 0 Å². The molecule has 3 N–H and O–H groups in total. The van der Waals surface area contributed by atoms with Gasteiger partial charge in [0.15, 0.2) is 14.6 Å². The molecule has 1 aromatic carbocycles. The summed E-state index contributed by atoms with van der Waals surface area (Å²) in [6, 6.07) is 7.03. The van der Waals surface area contributed by atoms with Crippen molar-refractivity contribution in [1.29, 1.82) is 0 Å². The molecule has 180 valence electrons. The average molecular weight is 479 g/mol. The van der Waals surface area contributed by atoms with Gasteiger partial charge < -0.3 is 9.84 Å². The van der Waals surface area contributed by atoms with Crippen molar-refractivity contribution in [2.24, 2.45) is 11.8 Å². The van der Waals surface area contributed by atoms with Gasteiger partial charge in [-0.1, -0.05) is 11.8 Å². The molecule has 2 amide bonds. The molecule has 10 heteroatoms. The van der Waals surface area contributed by atoms with Crippen molar-refractivity contribution >= 4 is 27.5 Å². The number of cyclic esters (lactones) is 1. The number of carbonyl (C=O) groups excluding carboxylic acids is 2. The number of rotatable bonds is 6. The van der Waals surface area contributed by atoms with Gasteiger partial charge in [0, 0.05) is 29.8 Å². The number of sulfone groups is 1. The van der Waals surface area contributed by atoms with E-state index in [1.54, 1.807) is 24.3 Å². The first-order chi connectivity index (χ1) is 15.2. The van der Waals surface area contributed by atoms with Crippen molar-refractivity contribution in [3.05, 3.63) is 29.8 Å². The molecule has 0 aromatic heterocycles. The molecule has 0 bridgehead atoms. The number of anilines is 1. The van der Waals surface area contributed by atoms with Crippen molar-refractivity contribution in [2.45, 2.75) is 56.5 Å². The van der Waals surface area contributed by atoms with Crippen LogP contribution in [0.2, 0.25) is 0 Å². The number of hydrogen-bond acceptors (Lipinski definition) is 7. The molecule has 1 aromatic rings. The normalized spacial score (nSPS) is 24.7. The smallest absolute Gasteiger partial charge is 0.414 e. The predicted molar refractivity (Wildman–Crippen MR) is 121 cm³/mol. The maximum absolute atomic E-state index is 12.4. The minimum atomic E-state index is -3.90. The van der Waals surface area contributed by atoms with Gasteiger partial charge in [0.2, 0.25) is 0 Å². The van der Waals surface area contributed by atoms with Crippen LogP contribution in [0.5, 0.6) is 0 Å². The Morgan fingerprint density at radius 1 is 1.24 bits per heavy atom. The molecular formula is C23H30N2O7S. The highest BCUT2D eigenvalue weighted by molar-refractivity contribution is 7.92. The zero-order valence-corrected chi connectivity index (χ0v) is 20.0. The summed E-state index contributed by atoms with van der Waals surface area (Å²) in [5, 5.41) is 19.0. The molecule has 2 atom stereocenters. The van der Waals surface area contributed by atoms with E-state index in [0.717, 1.165) is 24.7 Å². The largest absolute Gasteiger partial charge is 0.444 e. The Morgan fingerprint density at radius 2 is 1.85 bits per heavy atom. The summed E-state index contributed by atoms with van der Waals surface area (Å²) in [7, 11) is -3.90. The van der Waals surface area contributed by atoms with E-state index < -0.39 is 38.3 Å². The molecule has 0 spiro atoms. The molecule has 2 unspecified atom stereocenters. The van der Waals surface area contributed by atoms with Gasteiger partial charge in [-0.05, 0) is 63.8 Å². The lowest BCUT2D eigenvalue weighted by molar-refractivity contribution is -0.132. The number of amides is 2. The third-order valence-corrected chi connectivity index (χ3v) is 8.62. The number of benzene rings is 1. The SMILES string of the molecule is CC(C)(O)C1CC(C#Cc2ccc(N3CC(CC(C)(C(=O)NO)S(C)(=O)=O)OC3=O)cc2)C1. The lowest BCUT2D eigenvalue weighted by atomic mass is 9.68. The van der Waals surface area contributed by atoms with Gasteiger partial charge in [-0.3, -0.25) is 14.9 Å². The maximum Gasteiger partial charge on any atom is 0.414 e. The summed E-state index contributed by atoms with van der Waals surface area (Å²) in [6.45, 7) is 4.88. The third-order valence-electron chi connectivity index (χ3n) is 6.63. The number of nitrogens with one attached hydrogen (secondary N) is 1. The van der Waals surface area contributed by atoms with Crippen LogP contribution in [0.25, 0.3) is 0 Å². The molecule has 0 radical (unpaired) electrons. The van der Waals surface area contributed by atoms with Gasteiger partial charge in [0.05, 0.1) is 12.1 Å². The van der Waals surface area contributed by atoms with Crippen LogP contribution < -0.4 is 10.4 Å². The fraction of sp³-hybridized carbons (Fsp3) is 0.565. The number of nitrogens with zero attached hydrogens (tertiary/aromatic N) is 1. The van der Waals surface area contributed by atoms with E-state index in [9.17, 15) is 23.1 Å². The third kappa shape index (κ3) is 5.32. The fourth-order valence-corrected chi connectivity index (χ4v) is 4.90. The average Bonchev–Trinajstić information content (AvgIpc) is 3.04. The van der Waals surface area contributed by atoms with E-state index in [1.165, 1.54) is 17.3 Å². The van der Waals surface area contributed by atoms with Crippen molar-refractivity contribution in [2.75, 3.05) is 17.7 Å². The van der Waals surface area contributed by atoms with Crippen LogP contribution in [0, 0.1) is 23.7 Å². The Balaban J connectivity index is 1.64. The highest BCUT2D eigenvalue weighted by Crippen LogP contribution is 2.40. The molecular weight excluding hydrogens is 448 g/mol. The first-order valence-electron chi connectivity index (χ1n) is 10.7. The second-order valence-corrected chi connectivity index (χ2v) is 12.0. The van der Waals surface area contributed by atoms with Crippen LogP contribution in [-0.2, 0) is 19.4 Å². The molecule has 9 nitrogen and oxygen atoms in total. The van der Waals surface area contributed by atoms with Gasteiger partial charge in [-0.2, -0.15) is 0 Å². The van der Waals surface area contributed by atoms with E-state index in [2.05, 4.69) is 11.8 Å².